The van der Waals surface area contributed by atoms with Gasteiger partial charge in [-0.05, 0) is 73.3 Å². The SMILES string of the molecule is CN1Cc2cc(Cl)ccc2-n2c(nnc2C2CC=C(c3cccc(C#N)c3)CC2)C1. The second kappa shape index (κ2) is 7.71. The molecule has 1 atom stereocenters. The minimum absolute atomic E-state index is 0.320. The number of hydrogen-bond donors (Lipinski definition) is 0. The highest BCUT2D eigenvalue weighted by Crippen LogP contribution is 2.38. The number of aromatic nitrogens is 3. The summed E-state index contributed by atoms with van der Waals surface area (Å²) in [5.41, 5.74) is 5.50. The molecule has 2 aromatic carbocycles. The Labute approximate surface area is 181 Å². The lowest BCUT2D eigenvalue weighted by molar-refractivity contribution is 0.315. The Balaban J connectivity index is 1.49. The first-order valence-electron chi connectivity index (χ1n) is 10.2. The minimum Gasteiger partial charge on any atom is -0.295 e. The Morgan fingerprint density at radius 3 is 2.83 bits per heavy atom. The standard InChI is InChI=1S/C24H22ClN5/c1-29-14-20-12-21(25)9-10-22(20)30-23(15-29)27-28-24(30)18-7-5-17(6-8-18)19-4-2-3-16(11-19)13-26/h2-5,9-12,18H,6-8,14-15H2,1H3. The first kappa shape index (κ1) is 19.0. The van der Waals surface area contributed by atoms with Crippen molar-refractivity contribution in [2.45, 2.75) is 38.3 Å². The molecule has 2 heterocycles. The zero-order valence-electron chi connectivity index (χ0n) is 16.8. The molecule has 0 spiro atoms. The highest BCUT2D eigenvalue weighted by molar-refractivity contribution is 6.30. The van der Waals surface area contributed by atoms with Gasteiger partial charge in [0, 0.05) is 17.5 Å². The summed E-state index contributed by atoms with van der Waals surface area (Å²) in [6, 6.07) is 16.2. The summed E-state index contributed by atoms with van der Waals surface area (Å²) in [4.78, 5) is 2.24. The molecule has 1 unspecified atom stereocenters. The van der Waals surface area contributed by atoms with Crippen molar-refractivity contribution < 1.29 is 0 Å². The molecule has 0 saturated heterocycles. The number of rotatable bonds is 2. The van der Waals surface area contributed by atoms with E-state index in [0.29, 0.717) is 11.5 Å². The van der Waals surface area contributed by atoms with Crippen LogP contribution in [0.3, 0.4) is 0 Å². The molecule has 150 valence electrons. The van der Waals surface area contributed by atoms with Crippen LogP contribution in [0, 0.1) is 11.3 Å². The van der Waals surface area contributed by atoms with Gasteiger partial charge in [0.15, 0.2) is 5.82 Å². The largest absolute Gasteiger partial charge is 0.295 e. The summed E-state index contributed by atoms with van der Waals surface area (Å²) >= 11 is 6.28. The molecule has 0 bridgehead atoms. The van der Waals surface area contributed by atoms with Crippen LogP contribution in [0.15, 0.2) is 48.5 Å². The molecular formula is C24H22ClN5. The van der Waals surface area contributed by atoms with Crippen molar-refractivity contribution in [2.24, 2.45) is 0 Å². The van der Waals surface area contributed by atoms with Gasteiger partial charge in [0.2, 0.25) is 0 Å². The van der Waals surface area contributed by atoms with E-state index >= 15 is 0 Å². The fraction of sp³-hybridized carbons (Fsp3) is 0.292. The Kier molecular flexibility index (Phi) is 4.90. The predicted octanol–water partition coefficient (Wildman–Crippen LogP) is 5.09. The van der Waals surface area contributed by atoms with E-state index in [1.54, 1.807) is 0 Å². The van der Waals surface area contributed by atoms with E-state index in [1.807, 2.05) is 30.3 Å². The van der Waals surface area contributed by atoms with Gasteiger partial charge in [0.25, 0.3) is 0 Å². The predicted molar refractivity (Wildman–Crippen MR) is 117 cm³/mol. The molecule has 0 radical (unpaired) electrons. The van der Waals surface area contributed by atoms with Gasteiger partial charge in [-0.15, -0.1) is 10.2 Å². The van der Waals surface area contributed by atoms with E-state index in [2.05, 4.69) is 51.0 Å². The van der Waals surface area contributed by atoms with Gasteiger partial charge in [-0.25, -0.2) is 0 Å². The fourth-order valence-electron chi connectivity index (χ4n) is 4.57. The van der Waals surface area contributed by atoms with Crippen molar-refractivity contribution in [2.75, 3.05) is 7.05 Å². The molecule has 3 aromatic rings. The molecule has 0 saturated carbocycles. The lowest BCUT2D eigenvalue weighted by Gasteiger charge is -2.23. The maximum Gasteiger partial charge on any atom is 0.151 e. The van der Waals surface area contributed by atoms with E-state index in [4.69, 9.17) is 11.6 Å². The Hall–Kier alpha value is -2.94. The number of hydrogen-bond acceptors (Lipinski definition) is 4. The molecule has 2 aliphatic rings. The third-order valence-electron chi connectivity index (χ3n) is 6.03. The third kappa shape index (κ3) is 3.43. The van der Waals surface area contributed by atoms with Crippen LogP contribution < -0.4 is 0 Å². The van der Waals surface area contributed by atoms with Gasteiger partial charge >= 0.3 is 0 Å². The smallest absolute Gasteiger partial charge is 0.151 e. The maximum atomic E-state index is 9.18. The van der Waals surface area contributed by atoms with Crippen LogP contribution in [0.4, 0.5) is 0 Å². The number of benzene rings is 2. The van der Waals surface area contributed by atoms with E-state index in [1.165, 1.54) is 11.1 Å². The molecular weight excluding hydrogens is 394 g/mol. The van der Waals surface area contributed by atoms with Gasteiger partial charge in [0.05, 0.1) is 23.9 Å². The number of fused-ring (bicyclic) bond motifs is 3. The van der Waals surface area contributed by atoms with E-state index in [9.17, 15) is 5.26 Å². The highest BCUT2D eigenvalue weighted by Gasteiger charge is 2.28. The lowest BCUT2D eigenvalue weighted by atomic mass is 9.85. The average molecular weight is 416 g/mol. The molecule has 30 heavy (non-hydrogen) atoms. The van der Waals surface area contributed by atoms with Crippen LogP contribution in [-0.2, 0) is 13.1 Å². The summed E-state index contributed by atoms with van der Waals surface area (Å²) in [7, 11) is 2.10. The van der Waals surface area contributed by atoms with Crippen LogP contribution >= 0.6 is 11.6 Å². The van der Waals surface area contributed by atoms with Gasteiger partial charge in [-0.2, -0.15) is 5.26 Å². The van der Waals surface area contributed by atoms with Crippen LogP contribution in [0.1, 0.15) is 53.5 Å². The first-order chi connectivity index (χ1) is 14.6. The number of halogens is 1. The normalized spacial score (nSPS) is 18.7. The van der Waals surface area contributed by atoms with Crippen molar-refractivity contribution in [1.82, 2.24) is 19.7 Å². The quantitative estimate of drug-likeness (QED) is 0.585. The Bertz CT molecular complexity index is 1190. The number of allylic oxidation sites excluding steroid dienone is 2. The summed E-state index contributed by atoms with van der Waals surface area (Å²) in [6.45, 7) is 1.59. The molecule has 1 aliphatic heterocycles. The topological polar surface area (TPSA) is 57.7 Å². The maximum absolute atomic E-state index is 9.18. The van der Waals surface area contributed by atoms with Crippen molar-refractivity contribution in [1.29, 1.82) is 5.26 Å². The monoisotopic (exact) mass is 415 g/mol. The van der Waals surface area contributed by atoms with Gasteiger partial charge in [0.1, 0.15) is 5.82 Å². The lowest BCUT2D eigenvalue weighted by Crippen LogP contribution is -2.16. The van der Waals surface area contributed by atoms with Crippen LogP contribution in [0.5, 0.6) is 0 Å². The summed E-state index contributed by atoms with van der Waals surface area (Å²) in [5.74, 6) is 2.33. The molecule has 5 rings (SSSR count). The molecule has 1 aliphatic carbocycles. The van der Waals surface area contributed by atoms with E-state index in [0.717, 1.165) is 60.3 Å². The zero-order valence-corrected chi connectivity index (χ0v) is 17.6. The number of nitriles is 1. The third-order valence-corrected chi connectivity index (χ3v) is 6.26. The minimum atomic E-state index is 0.320. The summed E-state index contributed by atoms with van der Waals surface area (Å²) < 4.78 is 2.25. The highest BCUT2D eigenvalue weighted by atomic mass is 35.5. The Morgan fingerprint density at radius 2 is 2.03 bits per heavy atom. The second-order valence-corrected chi connectivity index (χ2v) is 8.58. The van der Waals surface area contributed by atoms with Crippen LogP contribution in [-0.4, -0.2) is 26.7 Å². The van der Waals surface area contributed by atoms with Crippen molar-refractivity contribution in [3.63, 3.8) is 0 Å². The van der Waals surface area contributed by atoms with Crippen LogP contribution in [0.25, 0.3) is 11.3 Å². The van der Waals surface area contributed by atoms with Crippen molar-refractivity contribution in [3.05, 3.63) is 81.9 Å². The molecule has 1 aromatic heterocycles. The molecule has 0 fully saturated rings. The second-order valence-electron chi connectivity index (χ2n) is 8.15. The molecule has 0 N–H and O–H groups in total. The Morgan fingerprint density at radius 1 is 1.13 bits per heavy atom. The molecule has 6 heteroatoms. The van der Waals surface area contributed by atoms with Crippen molar-refractivity contribution >= 4 is 17.2 Å². The van der Waals surface area contributed by atoms with Gasteiger partial charge < -0.3 is 0 Å². The fourth-order valence-corrected chi connectivity index (χ4v) is 4.76. The molecule has 0 amide bonds. The zero-order chi connectivity index (χ0) is 20.7. The molecule has 5 nitrogen and oxygen atoms in total. The number of nitrogens with zero attached hydrogens (tertiary/aromatic N) is 5. The van der Waals surface area contributed by atoms with Crippen LogP contribution in [0.2, 0.25) is 5.02 Å². The van der Waals surface area contributed by atoms with Crippen molar-refractivity contribution in [3.8, 4) is 11.8 Å². The first-order valence-corrected chi connectivity index (χ1v) is 10.6. The average Bonchev–Trinajstić information content (AvgIpc) is 3.11. The summed E-state index contributed by atoms with van der Waals surface area (Å²) in [5, 5.41) is 19.1. The summed E-state index contributed by atoms with van der Waals surface area (Å²) in [6.07, 6.45) is 5.20. The van der Waals surface area contributed by atoms with E-state index in [-0.39, 0.29) is 0 Å². The van der Waals surface area contributed by atoms with Gasteiger partial charge in [-0.1, -0.05) is 29.8 Å². The van der Waals surface area contributed by atoms with E-state index < -0.39 is 0 Å². The van der Waals surface area contributed by atoms with Gasteiger partial charge in [-0.3, -0.25) is 9.47 Å².